The van der Waals surface area contributed by atoms with Crippen LogP contribution in [0.15, 0.2) is 48.7 Å². The Labute approximate surface area is 208 Å². The van der Waals surface area contributed by atoms with E-state index >= 15 is 0 Å². The third-order valence-electron chi connectivity index (χ3n) is 6.53. The molecule has 192 valence electrons. The van der Waals surface area contributed by atoms with Gasteiger partial charge in [-0.15, -0.1) is 13.2 Å². The summed E-state index contributed by atoms with van der Waals surface area (Å²) in [5.41, 5.74) is 2.73. The van der Waals surface area contributed by atoms with E-state index in [2.05, 4.69) is 15.4 Å². The smallest absolute Gasteiger partial charge is 0.406 e. The normalized spacial score (nSPS) is 16.1. The van der Waals surface area contributed by atoms with Gasteiger partial charge in [-0.3, -0.25) is 4.18 Å². The van der Waals surface area contributed by atoms with Crippen molar-refractivity contribution in [2.24, 2.45) is 0 Å². The zero-order valence-electron chi connectivity index (χ0n) is 19.8. The predicted octanol–water partition coefficient (Wildman–Crippen LogP) is 6.41. The van der Waals surface area contributed by atoms with Crippen LogP contribution in [0, 0.1) is 11.3 Å². The minimum Gasteiger partial charge on any atom is -0.406 e. The number of fused-ring (bicyclic) bond motifs is 1. The number of hydrogen-bond donors (Lipinski definition) is 0. The first kappa shape index (κ1) is 26.0. The van der Waals surface area contributed by atoms with Crippen molar-refractivity contribution in [1.82, 2.24) is 4.57 Å². The summed E-state index contributed by atoms with van der Waals surface area (Å²) in [6, 6.07) is 13.6. The molecule has 1 saturated carbocycles. The Balaban J connectivity index is 1.83. The van der Waals surface area contributed by atoms with Crippen molar-refractivity contribution in [2.45, 2.75) is 56.8 Å². The van der Waals surface area contributed by atoms with Gasteiger partial charge in [0.05, 0.1) is 24.5 Å². The van der Waals surface area contributed by atoms with E-state index in [4.69, 9.17) is 4.18 Å². The maximum absolute atomic E-state index is 12.9. The fourth-order valence-electron chi connectivity index (χ4n) is 5.04. The number of benzene rings is 2. The van der Waals surface area contributed by atoms with Crippen LogP contribution < -0.4 is 4.74 Å². The molecule has 0 saturated heterocycles. The van der Waals surface area contributed by atoms with Crippen LogP contribution in [0.3, 0.4) is 0 Å². The average molecular weight is 521 g/mol. The molecule has 0 bridgehead atoms. The van der Waals surface area contributed by atoms with E-state index in [1.54, 1.807) is 18.2 Å². The standard InChI is InChI=1S/C26H27F3N2O4S/c1-36(32,33)34-13-12-22(19-6-5-9-21(15-19)35-26(27,28)29)24-17-31(20-7-3-2-4-8-20)25-11-10-18(16-30)14-23(24)25/h5-6,9-11,14-15,17,20,22H,2-4,7-8,12-13H2,1H3. The number of alkyl halides is 3. The second-order valence-corrected chi connectivity index (χ2v) is 10.8. The summed E-state index contributed by atoms with van der Waals surface area (Å²) in [6.07, 6.45) is 3.74. The van der Waals surface area contributed by atoms with E-state index in [0.717, 1.165) is 48.4 Å². The van der Waals surface area contributed by atoms with Crippen LogP contribution in [-0.4, -0.2) is 32.2 Å². The lowest BCUT2D eigenvalue weighted by Crippen LogP contribution is -2.17. The van der Waals surface area contributed by atoms with Crippen molar-refractivity contribution in [2.75, 3.05) is 12.9 Å². The number of rotatable bonds is 8. The van der Waals surface area contributed by atoms with Crippen LogP contribution in [-0.2, 0) is 14.3 Å². The minimum absolute atomic E-state index is 0.151. The number of halogens is 3. The Bertz CT molecular complexity index is 1370. The summed E-state index contributed by atoms with van der Waals surface area (Å²) in [5.74, 6) is -0.854. The second-order valence-electron chi connectivity index (χ2n) is 9.11. The number of nitrogens with zero attached hydrogens (tertiary/aromatic N) is 2. The van der Waals surface area contributed by atoms with Crippen molar-refractivity contribution in [3.05, 3.63) is 65.4 Å². The summed E-state index contributed by atoms with van der Waals surface area (Å²) in [5, 5.41) is 10.3. The van der Waals surface area contributed by atoms with E-state index in [0.29, 0.717) is 11.1 Å². The van der Waals surface area contributed by atoms with Gasteiger partial charge in [-0.2, -0.15) is 13.7 Å². The summed E-state index contributed by atoms with van der Waals surface area (Å²) in [6.45, 7) is -0.151. The lowest BCUT2D eigenvalue weighted by molar-refractivity contribution is -0.274. The van der Waals surface area contributed by atoms with Crippen LogP contribution in [0.25, 0.3) is 10.9 Å². The lowest BCUT2D eigenvalue weighted by atomic mass is 9.88. The van der Waals surface area contributed by atoms with Gasteiger partial charge in [0.15, 0.2) is 0 Å². The molecule has 3 aromatic rings. The average Bonchev–Trinajstić information content (AvgIpc) is 3.19. The highest BCUT2D eigenvalue weighted by Crippen LogP contribution is 2.40. The first-order chi connectivity index (χ1) is 17.0. The van der Waals surface area contributed by atoms with Gasteiger partial charge in [0, 0.05) is 29.1 Å². The molecular formula is C26H27F3N2O4S. The summed E-state index contributed by atoms with van der Waals surface area (Å²) in [7, 11) is -3.70. The fourth-order valence-corrected chi connectivity index (χ4v) is 5.44. The van der Waals surface area contributed by atoms with E-state index in [-0.39, 0.29) is 24.8 Å². The molecule has 1 atom stereocenters. The fraction of sp³-hybridized carbons (Fsp3) is 0.423. The van der Waals surface area contributed by atoms with Gasteiger partial charge in [0.1, 0.15) is 5.75 Å². The molecule has 1 unspecified atom stereocenters. The topological polar surface area (TPSA) is 81.3 Å². The number of hydrogen-bond acceptors (Lipinski definition) is 5. The molecule has 1 fully saturated rings. The highest BCUT2D eigenvalue weighted by atomic mass is 32.2. The maximum Gasteiger partial charge on any atom is 0.573 e. The lowest BCUT2D eigenvalue weighted by Gasteiger charge is -2.24. The number of nitriles is 1. The SMILES string of the molecule is CS(=O)(=O)OCCC(c1cccc(OC(F)(F)F)c1)c1cn(C2CCCCC2)c2ccc(C#N)cc12. The van der Waals surface area contributed by atoms with Crippen molar-refractivity contribution in [3.63, 3.8) is 0 Å². The van der Waals surface area contributed by atoms with Gasteiger partial charge < -0.3 is 9.30 Å². The zero-order chi connectivity index (χ0) is 25.9. The van der Waals surface area contributed by atoms with Crippen LogP contribution >= 0.6 is 0 Å². The van der Waals surface area contributed by atoms with Gasteiger partial charge in [0.25, 0.3) is 10.1 Å². The molecule has 1 aliphatic rings. The van der Waals surface area contributed by atoms with Crippen LogP contribution in [0.1, 0.15) is 67.2 Å². The monoisotopic (exact) mass is 520 g/mol. The van der Waals surface area contributed by atoms with E-state index < -0.39 is 22.4 Å². The maximum atomic E-state index is 12.9. The first-order valence-corrected chi connectivity index (χ1v) is 13.6. The zero-order valence-corrected chi connectivity index (χ0v) is 20.6. The molecule has 0 radical (unpaired) electrons. The molecule has 2 aromatic carbocycles. The summed E-state index contributed by atoms with van der Waals surface area (Å²) >= 11 is 0. The Morgan fingerprint density at radius 1 is 1.14 bits per heavy atom. The third kappa shape index (κ3) is 6.39. The van der Waals surface area contributed by atoms with Crippen LogP contribution in [0.5, 0.6) is 5.75 Å². The second kappa shape index (κ2) is 10.5. The molecule has 1 heterocycles. The highest BCUT2D eigenvalue weighted by molar-refractivity contribution is 7.85. The van der Waals surface area contributed by atoms with E-state index in [1.807, 2.05) is 12.3 Å². The van der Waals surface area contributed by atoms with Crippen molar-refractivity contribution in [3.8, 4) is 11.8 Å². The Morgan fingerprint density at radius 2 is 1.89 bits per heavy atom. The molecule has 1 aliphatic carbocycles. The molecule has 36 heavy (non-hydrogen) atoms. The van der Waals surface area contributed by atoms with Gasteiger partial charge >= 0.3 is 6.36 Å². The predicted molar refractivity (Wildman–Crippen MR) is 129 cm³/mol. The molecule has 0 amide bonds. The summed E-state index contributed by atoms with van der Waals surface area (Å²) in [4.78, 5) is 0. The van der Waals surface area contributed by atoms with Crippen molar-refractivity contribution < 1.29 is 30.5 Å². The Hall–Kier alpha value is -3.03. The molecular weight excluding hydrogens is 493 g/mol. The molecule has 6 nitrogen and oxygen atoms in total. The number of ether oxygens (including phenoxy) is 1. The van der Waals surface area contributed by atoms with Gasteiger partial charge in [0.2, 0.25) is 0 Å². The molecule has 0 aliphatic heterocycles. The largest absolute Gasteiger partial charge is 0.573 e. The van der Waals surface area contributed by atoms with Crippen LogP contribution in [0.2, 0.25) is 0 Å². The van der Waals surface area contributed by atoms with Crippen molar-refractivity contribution in [1.29, 1.82) is 5.26 Å². The van der Waals surface area contributed by atoms with Gasteiger partial charge in [-0.1, -0.05) is 31.4 Å². The summed E-state index contributed by atoms with van der Waals surface area (Å²) < 4.78 is 73.2. The molecule has 0 spiro atoms. The Kier molecular flexibility index (Phi) is 7.62. The quantitative estimate of drug-likeness (QED) is 0.321. The first-order valence-electron chi connectivity index (χ1n) is 11.8. The van der Waals surface area contributed by atoms with Crippen molar-refractivity contribution >= 4 is 21.0 Å². The molecule has 4 rings (SSSR count). The third-order valence-corrected chi connectivity index (χ3v) is 7.13. The molecule has 10 heteroatoms. The van der Waals surface area contributed by atoms with E-state index in [9.17, 15) is 26.9 Å². The Morgan fingerprint density at radius 3 is 2.56 bits per heavy atom. The van der Waals surface area contributed by atoms with Crippen LogP contribution in [0.4, 0.5) is 13.2 Å². The number of aromatic nitrogens is 1. The molecule has 1 aromatic heterocycles. The van der Waals surface area contributed by atoms with Gasteiger partial charge in [-0.05, 0) is 60.7 Å². The highest BCUT2D eigenvalue weighted by Gasteiger charge is 2.32. The van der Waals surface area contributed by atoms with Gasteiger partial charge in [-0.25, -0.2) is 0 Å². The minimum atomic E-state index is -4.84. The van der Waals surface area contributed by atoms with E-state index in [1.165, 1.54) is 24.6 Å². The molecule has 0 N–H and O–H groups in total.